The van der Waals surface area contributed by atoms with E-state index in [1.165, 1.54) is 0 Å². The van der Waals surface area contributed by atoms with Gasteiger partial charge < -0.3 is 14.6 Å². The lowest BCUT2D eigenvalue weighted by Crippen LogP contribution is -2.40. The van der Waals surface area contributed by atoms with Gasteiger partial charge in [0.05, 0.1) is 19.2 Å². The van der Waals surface area contributed by atoms with Gasteiger partial charge in [-0.25, -0.2) is 0 Å². The summed E-state index contributed by atoms with van der Waals surface area (Å²) in [5.41, 5.74) is 4.96. The van der Waals surface area contributed by atoms with Crippen LogP contribution in [0, 0.1) is 13.8 Å². The van der Waals surface area contributed by atoms with Crippen molar-refractivity contribution in [2.75, 3.05) is 13.1 Å². The zero-order valence-electron chi connectivity index (χ0n) is 16.6. The van der Waals surface area contributed by atoms with Crippen molar-refractivity contribution in [2.24, 2.45) is 0 Å². The number of carbonyl (C=O) groups excluding carboxylic acids is 2. The van der Waals surface area contributed by atoms with Crippen LogP contribution in [0.25, 0.3) is 11.0 Å². The van der Waals surface area contributed by atoms with E-state index in [-0.39, 0.29) is 24.8 Å². The molecular formula is C23H26N2O3. The molecule has 0 aliphatic heterocycles. The number of hydrogen-bond acceptors (Lipinski definition) is 3. The Balaban J connectivity index is 1.58. The molecule has 1 N–H and O–H groups in total. The molecule has 0 radical (unpaired) electrons. The van der Waals surface area contributed by atoms with Crippen LogP contribution in [-0.2, 0) is 22.6 Å². The molecule has 5 heteroatoms. The largest absolute Gasteiger partial charge is 0.464 e. The van der Waals surface area contributed by atoms with Crippen LogP contribution in [0.4, 0.5) is 0 Å². The van der Waals surface area contributed by atoms with Gasteiger partial charge in [0.2, 0.25) is 11.8 Å². The van der Waals surface area contributed by atoms with Crippen molar-refractivity contribution in [1.82, 2.24) is 10.2 Å². The molecule has 0 unspecified atom stereocenters. The third kappa shape index (κ3) is 4.42. The molecule has 2 amide bonds. The van der Waals surface area contributed by atoms with Crippen LogP contribution in [0.5, 0.6) is 0 Å². The summed E-state index contributed by atoms with van der Waals surface area (Å²) in [4.78, 5) is 26.6. The lowest BCUT2D eigenvalue weighted by atomic mass is 10.0. The molecular weight excluding hydrogens is 352 g/mol. The summed E-state index contributed by atoms with van der Waals surface area (Å²) in [6.07, 6.45) is 1.82. The second-order valence-electron chi connectivity index (χ2n) is 6.99. The van der Waals surface area contributed by atoms with Gasteiger partial charge in [0, 0.05) is 24.0 Å². The molecule has 3 rings (SSSR count). The highest BCUT2D eigenvalue weighted by Crippen LogP contribution is 2.26. The third-order valence-electron chi connectivity index (χ3n) is 5.08. The Morgan fingerprint density at radius 3 is 2.54 bits per heavy atom. The molecule has 5 nitrogen and oxygen atoms in total. The summed E-state index contributed by atoms with van der Waals surface area (Å²) in [6.45, 7) is 7.10. The number of aryl methyl sites for hydroxylation is 2. The van der Waals surface area contributed by atoms with E-state index < -0.39 is 0 Å². The van der Waals surface area contributed by atoms with Gasteiger partial charge in [0.15, 0.2) is 0 Å². The van der Waals surface area contributed by atoms with Crippen LogP contribution in [0.1, 0.15) is 29.2 Å². The fourth-order valence-corrected chi connectivity index (χ4v) is 3.23. The maximum Gasteiger partial charge on any atom is 0.242 e. The summed E-state index contributed by atoms with van der Waals surface area (Å²) in [6, 6.07) is 13.8. The minimum atomic E-state index is -0.190. The molecule has 28 heavy (non-hydrogen) atoms. The summed E-state index contributed by atoms with van der Waals surface area (Å²) >= 11 is 0. The van der Waals surface area contributed by atoms with Gasteiger partial charge in [-0.3, -0.25) is 9.59 Å². The van der Waals surface area contributed by atoms with Crippen LogP contribution in [0.15, 0.2) is 53.1 Å². The zero-order chi connectivity index (χ0) is 20.1. The summed E-state index contributed by atoms with van der Waals surface area (Å²) in [7, 11) is 0. The van der Waals surface area contributed by atoms with Crippen molar-refractivity contribution in [2.45, 2.75) is 33.7 Å². The van der Waals surface area contributed by atoms with Crippen LogP contribution in [-0.4, -0.2) is 29.8 Å². The number of nitrogens with zero attached hydrogens (tertiary/aromatic N) is 1. The molecule has 0 saturated heterocycles. The first kappa shape index (κ1) is 19.7. The molecule has 0 aliphatic carbocycles. The van der Waals surface area contributed by atoms with Crippen molar-refractivity contribution >= 4 is 22.8 Å². The summed E-state index contributed by atoms with van der Waals surface area (Å²) in [5, 5.41) is 3.69. The first-order valence-corrected chi connectivity index (χ1v) is 9.54. The van der Waals surface area contributed by atoms with Crippen LogP contribution < -0.4 is 5.32 Å². The van der Waals surface area contributed by atoms with E-state index in [1.807, 2.05) is 63.2 Å². The number of carbonyl (C=O) groups is 2. The van der Waals surface area contributed by atoms with E-state index in [9.17, 15) is 9.59 Å². The van der Waals surface area contributed by atoms with Crippen LogP contribution in [0.3, 0.4) is 0 Å². The van der Waals surface area contributed by atoms with Gasteiger partial charge in [0.25, 0.3) is 0 Å². The van der Waals surface area contributed by atoms with Gasteiger partial charge in [-0.2, -0.15) is 0 Å². The molecule has 1 heterocycles. The lowest BCUT2D eigenvalue weighted by Gasteiger charge is -2.21. The number of hydrogen-bond donors (Lipinski definition) is 1. The zero-order valence-corrected chi connectivity index (χ0v) is 16.6. The SMILES string of the molecule is CCN(Cc1ccccc1)C(=O)CNC(=O)Cc1coc2c(C)c(C)ccc12. The number of furan rings is 1. The minimum Gasteiger partial charge on any atom is -0.464 e. The fraction of sp³-hybridized carbons (Fsp3) is 0.304. The highest BCUT2D eigenvalue weighted by molar-refractivity contribution is 5.91. The monoisotopic (exact) mass is 378 g/mol. The number of likely N-dealkylation sites (N-methyl/N-ethyl adjacent to an activating group) is 1. The Morgan fingerprint density at radius 1 is 1.07 bits per heavy atom. The van der Waals surface area contributed by atoms with Gasteiger partial charge in [-0.1, -0.05) is 42.5 Å². The van der Waals surface area contributed by atoms with Crippen LogP contribution in [0.2, 0.25) is 0 Å². The fourth-order valence-electron chi connectivity index (χ4n) is 3.23. The second kappa shape index (κ2) is 8.74. The predicted octanol–water partition coefficient (Wildman–Crippen LogP) is 3.76. The maximum absolute atomic E-state index is 12.5. The van der Waals surface area contributed by atoms with Gasteiger partial charge in [-0.05, 0) is 37.5 Å². The number of benzene rings is 2. The smallest absolute Gasteiger partial charge is 0.242 e. The Labute approximate surface area is 165 Å². The van der Waals surface area contributed by atoms with E-state index in [4.69, 9.17) is 4.42 Å². The molecule has 2 aromatic carbocycles. The quantitative estimate of drug-likeness (QED) is 0.681. The normalized spacial score (nSPS) is 10.8. The Kier molecular flexibility index (Phi) is 6.14. The Hall–Kier alpha value is -3.08. The highest BCUT2D eigenvalue weighted by atomic mass is 16.3. The molecule has 0 aliphatic rings. The topological polar surface area (TPSA) is 62.6 Å². The molecule has 146 valence electrons. The van der Waals surface area contributed by atoms with E-state index in [0.29, 0.717) is 13.1 Å². The summed E-state index contributed by atoms with van der Waals surface area (Å²) in [5.74, 6) is -0.284. The Morgan fingerprint density at radius 2 is 1.82 bits per heavy atom. The van der Waals surface area contributed by atoms with E-state index in [0.717, 1.165) is 33.2 Å². The third-order valence-corrected chi connectivity index (χ3v) is 5.08. The van der Waals surface area contributed by atoms with Crippen molar-refractivity contribution < 1.29 is 14.0 Å². The number of rotatable bonds is 7. The highest BCUT2D eigenvalue weighted by Gasteiger charge is 2.16. The number of fused-ring (bicyclic) bond motifs is 1. The van der Waals surface area contributed by atoms with Crippen molar-refractivity contribution in [3.63, 3.8) is 0 Å². The molecule has 1 aromatic heterocycles. The molecule has 0 fully saturated rings. The molecule has 0 bridgehead atoms. The van der Waals surface area contributed by atoms with Gasteiger partial charge >= 0.3 is 0 Å². The lowest BCUT2D eigenvalue weighted by molar-refractivity contribution is -0.133. The first-order valence-electron chi connectivity index (χ1n) is 9.54. The van der Waals surface area contributed by atoms with Crippen molar-refractivity contribution in [3.05, 3.63) is 71.0 Å². The summed E-state index contributed by atoms with van der Waals surface area (Å²) < 4.78 is 5.65. The average molecular weight is 378 g/mol. The molecule has 0 spiro atoms. The van der Waals surface area contributed by atoms with Crippen molar-refractivity contribution in [3.8, 4) is 0 Å². The second-order valence-corrected chi connectivity index (χ2v) is 6.99. The first-order chi connectivity index (χ1) is 13.5. The average Bonchev–Trinajstić information content (AvgIpc) is 3.11. The molecule has 3 aromatic rings. The Bertz CT molecular complexity index is 976. The van der Waals surface area contributed by atoms with Gasteiger partial charge in [0.1, 0.15) is 5.58 Å². The van der Waals surface area contributed by atoms with E-state index >= 15 is 0 Å². The number of nitrogens with one attached hydrogen (secondary N) is 1. The van der Waals surface area contributed by atoms with Crippen LogP contribution >= 0.6 is 0 Å². The van der Waals surface area contributed by atoms with E-state index in [1.54, 1.807) is 11.2 Å². The molecule has 0 saturated carbocycles. The minimum absolute atomic E-state index is 0.00652. The number of amides is 2. The van der Waals surface area contributed by atoms with Crippen molar-refractivity contribution in [1.29, 1.82) is 0 Å². The van der Waals surface area contributed by atoms with Gasteiger partial charge in [-0.15, -0.1) is 0 Å². The molecule has 0 atom stereocenters. The van der Waals surface area contributed by atoms with E-state index in [2.05, 4.69) is 5.32 Å². The standard InChI is InChI=1S/C23H26N2O3/c1-4-25(14-18-8-6-5-7-9-18)22(27)13-24-21(26)12-19-15-28-23-17(3)16(2)10-11-20(19)23/h5-11,15H,4,12-14H2,1-3H3,(H,24,26). The maximum atomic E-state index is 12.5. The predicted molar refractivity (Wildman–Crippen MR) is 110 cm³/mol.